The number of nitrogens with zero attached hydrogens (tertiary/aromatic N) is 1. The van der Waals surface area contributed by atoms with Crippen molar-refractivity contribution >= 4 is 44.1 Å². The molecule has 0 saturated carbocycles. The van der Waals surface area contributed by atoms with Gasteiger partial charge in [-0.3, -0.25) is 0 Å². The minimum Gasteiger partial charge on any atom is -0.423 e. The summed E-state index contributed by atoms with van der Waals surface area (Å²) in [5.74, 6) is 0. The Balaban J connectivity index is 2.49. The second-order valence-corrected chi connectivity index (χ2v) is 5.10. The van der Waals surface area contributed by atoms with Crippen LogP contribution in [0.3, 0.4) is 0 Å². The second kappa shape index (κ2) is 4.11. The first-order valence-corrected chi connectivity index (χ1v) is 6.24. The molecule has 2 N–H and O–H groups in total. The normalized spacial score (nSPS) is 10.7. The van der Waals surface area contributed by atoms with E-state index in [9.17, 15) is 10.0 Å². The lowest BCUT2D eigenvalue weighted by atomic mass is 9.77. The SMILES string of the molecule is N#Cc1ccc2sc3cccc(B(O)O)c3c2c1. The molecule has 0 amide bonds. The van der Waals surface area contributed by atoms with E-state index in [-0.39, 0.29) is 0 Å². The molecular weight excluding hydrogens is 245 g/mol. The van der Waals surface area contributed by atoms with Crippen LogP contribution in [0.25, 0.3) is 20.2 Å². The van der Waals surface area contributed by atoms with E-state index >= 15 is 0 Å². The summed E-state index contributed by atoms with van der Waals surface area (Å²) >= 11 is 1.58. The van der Waals surface area contributed by atoms with Crippen LogP contribution in [-0.2, 0) is 0 Å². The molecule has 0 aliphatic rings. The topological polar surface area (TPSA) is 64.2 Å². The lowest BCUT2D eigenvalue weighted by Gasteiger charge is -2.02. The smallest absolute Gasteiger partial charge is 0.423 e. The van der Waals surface area contributed by atoms with Crippen molar-refractivity contribution in [3.05, 3.63) is 42.0 Å². The quantitative estimate of drug-likeness (QED) is 0.647. The molecule has 2 aromatic carbocycles. The van der Waals surface area contributed by atoms with Gasteiger partial charge in [-0.1, -0.05) is 12.1 Å². The van der Waals surface area contributed by atoms with E-state index in [2.05, 4.69) is 6.07 Å². The number of nitriles is 1. The lowest BCUT2D eigenvalue weighted by Crippen LogP contribution is -2.30. The number of benzene rings is 2. The number of hydrogen-bond donors (Lipinski definition) is 2. The van der Waals surface area contributed by atoms with Crippen LogP contribution in [0, 0.1) is 11.3 Å². The zero-order valence-corrected chi connectivity index (χ0v) is 10.1. The first-order valence-electron chi connectivity index (χ1n) is 5.42. The number of thiophene rings is 1. The summed E-state index contributed by atoms with van der Waals surface area (Å²) < 4.78 is 2.03. The Hall–Kier alpha value is -1.87. The fourth-order valence-corrected chi connectivity index (χ4v) is 3.26. The van der Waals surface area contributed by atoms with Gasteiger partial charge in [-0.05, 0) is 29.7 Å². The maximum absolute atomic E-state index is 9.42. The van der Waals surface area contributed by atoms with Gasteiger partial charge in [0.05, 0.1) is 11.6 Å². The number of hydrogen-bond acceptors (Lipinski definition) is 4. The van der Waals surface area contributed by atoms with Gasteiger partial charge in [-0.15, -0.1) is 11.3 Å². The van der Waals surface area contributed by atoms with Crippen molar-refractivity contribution in [3.63, 3.8) is 0 Å². The first-order chi connectivity index (χ1) is 8.70. The molecule has 1 heterocycles. The molecule has 0 saturated heterocycles. The van der Waals surface area contributed by atoms with E-state index in [1.165, 1.54) is 0 Å². The summed E-state index contributed by atoms with van der Waals surface area (Å²) in [7, 11) is -1.50. The molecule has 0 aliphatic carbocycles. The van der Waals surface area contributed by atoms with Gasteiger partial charge in [0.2, 0.25) is 0 Å². The van der Waals surface area contributed by atoms with Crippen LogP contribution in [0.15, 0.2) is 36.4 Å². The fraction of sp³-hybridized carbons (Fsp3) is 0. The standard InChI is InChI=1S/C13H8BNO2S/c15-7-8-4-5-11-9(6-8)13-10(14(16)17)2-1-3-12(13)18-11/h1-6,16-17H. The van der Waals surface area contributed by atoms with Gasteiger partial charge in [0.1, 0.15) is 0 Å². The molecule has 86 valence electrons. The van der Waals surface area contributed by atoms with E-state index in [1.54, 1.807) is 35.6 Å². The van der Waals surface area contributed by atoms with E-state index in [4.69, 9.17) is 5.26 Å². The molecular formula is C13H8BNO2S. The van der Waals surface area contributed by atoms with E-state index in [0.29, 0.717) is 11.0 Å². The highest BCUT2D eigenvalue weighted by molar-refractivity contribution is 7.26. The average molecular weight is 253 g/mol. The third-order valence-electron chi connectivity index (χ3n) is 2.93. The molecule has 1 aromatic heterocycles. The third kappa shape index (κ3) is 1.59. The molecule has 0 spiro atoms. The Kier molecular flexibility index (Phi) is 2.56. The van der Waals surface area contributed by atoms with Crippen LogP contribution in [0.5, 0.6) is 0 Å². The molecule has 3 nitrogen and oxygen atoms in total. The van der Waals surface area contributed by atoms with Crippen molar-refractivity contribution in [2.24, 2.45) is 0 Å². The van der Waals surface area contributed by atoms with Crippen LogP contribution < -0.4 is 5.46 Å². The second-order valence-electron chi connectivity index (χ2n) is 4.02. The minimum atomic E-state index is -1.50. The van der Waals surface area contributed by atoms with Gasteiger partial charge in [-0.2, -0.15) is 5.26 Å². The predicted octanol–water partition coefficient (Wildman–Crippen LogP) is 1.61. The van der Waals surface area contributed by atoms with Crippen LogP contribution in [0.4, 0.5) is 0 Å². The Morgan fingerprint density at radius 3 is 2.67 bits per heavy atom. The molecule has 0 unspecified atom stereocenters. The highest BCUT2D eigenvalue weighted by Gasteiger charge is 2.17. The summed E-state index contributed by atoms with van der Waals surface area (Å²) in [6.45, 7) is 0. The minimum absolute atomic E-state index is 0.480. The third-order valence-corrected chi connectivity index (χ3v) is 4.07. The molecule has 5 heteroatoms. The van der Waals surface area contributed by atoms with E-state index in [0.717, 1.165) is 20.2 Å². The summed E-state index contributed by atoms with van der Waals surface area (Å²) in [6, 6.07) is 13.0. The molecule has 18 heavy (non-hydrogen) atoms. The van der Waals surface area contributed by atoms with Gasteiger partial charge in [0, 0.05) is 20.2 Å². The van der Waals surface area contributed by atoms with Gasteiger partial charge in [0.15, 0.2) is 0 Å². The highest BCUT2D eigenvalue weighted by Crippen LogP contribution is 2.33. The number of fused-ring (bicyclic) bond motifs is 3. The summed E-state index contributed by atoms with van der Waals surface area (Å²) in [5, 5.41) is 29.5. The van der Waals surface area contributed by atoms with Crippen molar-refractivity contribution in [2.75, 3.05) is 0 Å². The van der Waals surface area contributed by atoms with Crippen molar-refractivity contribution in [1.82, 2.24) is 0 Å². The van der Waals surface area contributed by atoms with Crippen LogP contribution in [0.1, 0.15) is 5.56 Å². The molecule has 3 aromatic rings. The predicted molar refractivity (Wildman–Crippen MR) is 73.9 cm³/mol. The molecule has 0 radical (unpaired) electrons. The fourth-order valence-electron chi connectivity index (χ4n) is 2.14. The molecule has 0 fully saturated rings. The van der Waals surface area contributed by atoms with Crippen LogP contribution in [-0.4, -0.2) is 17.2 Å². The Morgan fingerprint density at radius 1 is 1.11 bits per heavy atom. The molecule has 0 atom stereocenters. The Labute approximate surface area is 108 Å². The van der Waals surface area contributed by atoms with Gasteiger partial charge >= 0.3 is 7.12 Å². The van der Waals surface area contributed by atoms with Gasteiger partial charge in [0.25, 0.3) is 0 Å². The van der Waals surface area contributed by atoms with Crippen molar-refractivity contribution in [1.29, 1.82) is 5.26 Å². The van der Waals surface area contributed by atoms with Crippen LogP contribution >= 0.6 is 11.3 Å². The van der Waals surface area contributed by atoms with Gasteiger partial charge < -0.3 is 10.0 Å². The monoisotopic (exact) mass is 253 g/mol. The van der Waals surface area contributed by atoms with Crippen molar-refractivity contribution in [2.45, 2.75) is 0 Å². The highest BCUT2D eigenvalue weighted by atomic mass is 32.1. The average Bonchev–Trinajstić information content (AvgIpc) is 2.75. The summed E-state index contributed by atoms with van der Waals surface area (Å²) in [6.07, 6.45) is 0. The largest absolute Gasteiger partial charge is 0.489 e. The molecule has 0 bridgehead atoms. The van der Waals surface area contributed by atoms with Crippen LogP contribution in [0.2, 0.25) is 0 Å². The zero-order valence-electron chi connectivity index (χ0n) is 9.29. The Bertz CT molecular complexity index is 789. The number of rotatable bonds is 1. The summed E-state index contributed by atoms with van der Waals surface area (Å²) in [4.78, 5) is 0. The zero-order chi connectivity index (χ0) is 12.7. The molecule has 3 rings (SSSR count). The van der Waals surface area contributed by atoms with Crippen molar-refractivity contribution in [3.8, 4) is 6.07 Å². The summed E-state index contributed by atoms with van der Waals surface area (Å²) in [5.41, 5.74) is 1.05. The van der Waals surface area contributed by atoms with Gasteiger partial charge in [-0.25, -0.2) is 0 Å². The van der Waals surface area contributed by atoms with Crippen molar-refractivity contribution < 1.29 is 10.0 Å². The maximum atomic E-state index is 9.42. The Morgan fingerprint density at radius 2 is 1.94 bits per heavy atom. The van der Waals surface area contributed by atoms with E-state index < -0.39 is 7.12 Å². The lowest BCUT2D eigenvalue weighted by molar-refractivity contribution is 0.426. The first kappa shape index (κ1) is 11.2. The van der Waals surface area contributed by atoms with E-state index in [1.807, 2.05) is 12.1 Å². The maximum Gasteiger partial charge on any atom is 0.489 e. The molecule has 0 aliphatic heterocycles.